The fourth-order valence-electron chi connectivity index (χ4n) is 2.17. The maximum Gasteiger partial charge on any atom is 0.182 e. The van der Waals surface area contributed by atoms with Crippen LogP contribution in [-0.4, -0.2) is 33.8 Å². The molecule has 0 radical (unpaired) electrons. The van der Waals surface area contributed by atoms with Crippen molar-refractivity contribution in [3.05, 3.63) is 22.7 Å². The van der Waals surface area contributed by atoms with Crippen LogP contribution >= 0.6 is 15.9 Å². The number of anilines is 1. The molecule has 0 aliphatic carbocycles. The van der Waals surface area contributed by atoms with Crippen molar-refractivity contribution in [3.8, 4) is 0 Å². The summed E-state index contributed by atoms with van der Waals surface area (Å²) in [7, 11) is -1.26. The molecule has 0 aromatic heterocycles. The monoisotopic (exact) mass is 332 g/mol. The van der Waals surface area contributed by atoms with E-state index in [0.717, 1.165) is 29.5 Å². The molecule has 0 saturated heterocycles. The predicted octanol–water partition coefficient (Wildman–Crippen LogP) is 2.02. The quantitative estimate of drug-likeness (QED) is 0.828. The van der Waals surface area contributed by atoms with Gasteiger partial charge in [0.25, 0.3) is 0 Å². The van der Waals surface area contributed by atoms with Gasteiger partial charge in [-0.2, -0.15) is 0 Å². The van der Waals surface area contributed by atoms with E-state index in [9.17, 15) is 8.42 Å². The topological polar surface area (TPSA) is 58.2 Å². The molecule has 1 aliphatic rings. The Hall–Kier alpha value is -0.590. The van der Waals surface area contributed by atoms with E-state index in [1.807, 2.05) is 19.2 Å². The number of fused-ring (bicyclic) bond motifs is 1. The van der Waals surface area contributed by atoms with Crippen molar-refractivity contribution in [2.24, 2.45) is 0 Å². The molecular weight excluding hydrogens is 316 g/mol. The zero-order valence-electron chi connectivity index (χ0n) is 10.2. The van der Waals surface area contributed by atoms with Gasteiger partial charge < -0.3 is 10.6 Å². The molecule has 1 aromatic carbocycles. The third-order valence-corrected chi connectivity index (χ3v) is 5.38. The van der Waals surface area contributed by atoms with Gasteiger partial charge in [-0.3, -0.25) is 0 Å². The lowest BCUT2D eigenvalue weighted by molar-refractivity contribution is 0.569. The van der Waals surface area contributed by atoms with Crippen LogP contribution in [0.5, 0.6) is 0 Å². The highest BCUT2D eigenvalue weighted by Gasteiger charge is 2.29. The third kappa shape index (κ3) is 3.05. The van der Waals surface area contributed by atoms with Crippen molar-refractivity contribution in [1.29, 1.82) is 0 Å². The first-order valence-corrected chi connectivity index (χ1v) is 8.41. The predicted molar refractivity (Wildman–Crippen MR) is 76.8 cm³/mol. The van der Waals surface area contributed by atoms with Gasteiger partial charge in [0.05, 0.1) is 16.3 Å². The van der Waals surface area contributed by atoms with Gasteiger partial charge in [0.1, 0.15) is 0 Å². The van der Waals surface area contributed by atoms with E-state index in [2.05, 4.69) is 26.6 Å². The molecule has 2 N–H and O–H groups in total. The normalized spacial score (nSPS) is 21.1. The molecule has 2 rings (SSSR count). The number of hydrogen-bond acceptors (Lipinski definition) is 4. The Balaban J connectivity index is 2.19. The molecule has 0 spiro atoms. The second-order valence-corrected chi connectivity index (χ2v) is 7.43. The minimum atomic E-state index is -3.16. The summed E-state index contributed by atoms with van der Waals surface area (Å²) in [4.78, 5) is 0.404. The highest BCUT2D eigenvalue weighted by Crippen LogP contribution is 2.31. The lowest BCUT2D eigenvalue weighted by Crippen LogP contribution is -2.34. The van der Waals surface area contributed by atoms with Crippen LogP contribution in [0.3, 0.4) is 0 Å². The van der Waals surface area contributed by atoms with Crippen molar-refractivity contribution >= 4 is 31.5 Å². The molecular formula is C12H17BrN2O2S. The number of benzene rings is 1. The van der Waals surface area contributed by atoms with E-state index in [1.165, 1.54) is 0 Å². The van der Waals surface area contributed by atoms with Crippen LogP contribution in [-0.2, 0) is 9.84 Å². The number of rotatable bonds is 4. The zero-order chi connectivity index (χ0) is 13.2. The minimum Gasteiger partial charge on any atom is -0.380 e. The van der Waals surface area contributed by atoms with Gasteiger partial charge >= 0.3 is 0 Å². The van der Waals surface area contributed by atoms with Crippen LogP contribution < -0.4 is 10.6 Å². The van der Waals surface area contributed by atoms with Crippen molar-refractivity contribution < 1.29 is 8.42 Å². The molecule has 1 heterocycles. The van der Waals surface area contributed by atoms with Gasteiger partial charge in [0.15, 0.2) is 9.84 Å². The van der Waals surface area contributed by atoms with Crippen LogP contribution in [0.15, 0.2) is 27.6 Å². The Kier molecular flexibility index (Phi) is 4.29. The summed E-state index contributed by atoms with van der Waals surface area (Å²) in [5, 5.41) is 6.38. The standard InChI is InChI=1S/C12H17BrN2O2S/c1-14-6-2-3-10-8-18(16,17)12-7-9(13)4-5-11(12)15-10/h4-5,7,10,14-15H,2-3,6,8H2,1H3. The van der Waals surface area contributed by atoms with E-state index in [4.69, 9.17) is 0 Å². The first-order chi connectivity index (χ1) is 8.53. The molecule has 4 nitrogen and oxygen atoms in total. The molecule has 6 heteroatoms. The maximum atomic E-state index is 12.2. The van der Waals surface area contributed by atoms with Crippen molar-refractivity contribution in [1.82, 2.24) is 5.32 Å². The highest BCUT2D eigenvalue weighted by atomic mass is 79.9. The number of sulfone groups is 1. The van der Waals surface area contributed by atoms with Crippen molar-refractivity contribution in [3.63, 3.8) is 0 Å². The summed E-state index contributed by atoms with van der Waals surface area (Å²) in [6.07, 6.45) is 1.82. The van der Waals surface area contributed by atoms with Gasteiger partial charge in [-0.05, 0) is 44.6 Å². The van der Waals surface area contributed by atoms with Crippen LogP contribution in [0.1, 0.15) is 12.8 Å². The maximum absolute atomic E-state index is 12.2. The Morgan fingerprint density at radius 1 is 1.50 bits per heavy atom. The van der Waals surface area contributed by atoms with Gasteiger partial charge in [-0.15, -0.1) is 0 Å². The van der Waals surface area contributed by atoms with E-state index in [0.29, 0.717) is 4.90 Å². The van der Waals surface area contributed by atoms with Gasteiger partial charge in [0.2, 0.25) is 0 Å². The molecule has 0 fully saturated rings. The number of hydrogen-bond donors (Lipinski definition) is 2. The molecule has 18 heavy (non-hydrogen) atoms. The van der Waals surface area contributed by atoms with Crippen LogP contribution in [0.25, 0.3) is 0 Å². The smallest absolute Gasteiger partial charge is 0.182 e. The van der Waals surface area contributed by atoms with Crippen LogP contribution in [0.4, 0.5) is 5.69 Å². The average molecular weight is 333 g/mol. The first-order valence-electron chi connectivity index (χ1n) is 5.96. The fourth-order valence-corrected chi connectivity index (χ4v) is 4.41. The fraction of sp³-hybridized carbons (Fsp3) is 0.500. The average Bonchev–Trinajstić information content (AvgIpc) is 2.30. The van der Waals surface area contributed by atoms with Crippen LogP contribution in [0, 0.1) is 0 Å². The number of nitrogens with one attached hydrogen (secondary N) is 2. The Morgan fingerprint density at radius 2 is 2.28 bits per heavy atom. The van der Waals surface area contributed by atoms with E-state index < -0.39 is 9.84 Å². The van der Waals surface area contributed by atoms with Gasteiger partial charge in [0, 0.05) is 10.5 Å². The van der Waals surface area contributed by atoms with Gasteiger partial charge in [-0.1, -0.05) is 15.9 Å². The lowest BCUT2D eigenvalue weighted by Gasteiger charge is -2.27. The molecule has 100 valence electrons. The minimum absolute atomic E-state index is 0.0111. The SMILES string of the molecule is CNCCCC1CS(=O)(=O)c2cc(Br)ccc2N1. The highest BCUT2D eigenvalue weighted by molar-refractivity contribution is 9.10. The molecule has 1 atom stereocenters. The molecule has 0 saturated carbocycles. The van der Waals surface area contributed by atoms with E-state index >= 15 is 0 Å². The van der Waals surface area contributed by atoms with Gasteiger partial charge in [-0.25, -0.2) is 8.42 Å². The largest absolute Gasteiger partial charge is 0.380 e. The first kappa shape index (κ1) is 13.8. The zero-order valence-corrected chi connectivity index (χ0v) is 12.6. The molecule has 1 aliphatic heterocycles. The summed E-state index contributed by atoms with van der Waals surface area (Å²) in [5.74, 6) is 0.181. The Bertz CT molecular complexity index is 531. The Morgan fingerprint density at radius 3 is 3.00 bits per heavy atom. The van der Waals surface area contributed by atoms with Crippen molar-refractivity contribution in [2.45, 2.75) is 23.8 Å². The molecule has 0 amide bonds. The lowest BCUT2D eigenvalue weighted by atomic mass is 10.1. The van der Waals surface area contributed by atoms with E-state index in [-0.39, 0.29) is 11.8 Å². The number of halogens is 1. The summed E-state index contributed by atoms with van der Waals surface area (Å²) < 4.78 is 25.2. The molecule has 0 bridgehead atoms. The summed E-state index contributed by atoms with van der Waals surface area (Å²) in [6, 6.07) is 5.36. The van der Waals surface area contributed by atoms with Crippen molar-refractivity contribution in [2.75, 3.05) is 24.7 Å². The summed E-state index contributed by atoms with van der Waals surface area (Å²) >= 11 is 3.31. The third-order valence-electron chi connectivity index (χ3n) is 3.04. The summed E-state index contributed by atoms with van der Waals surface area (Å²) in [6.45, 7) is 0.908. The van der Waals surface area contributed by atoms with E-state index in [1.54, 1.807) is 6.07 Å². The second kappa shape index (κ2) is 5.59. The molecule has 1 unspecified atom stereocenters. The van der Waals surface area contributed by atoms with Crippen LogP contribution in [0.2, 0.25) is 0 Å². The summed E-state index contributed by atoms with van der Waals surface area (Å²) in [5.41, 5.74) is 0.721. The second-order valence-electron chi connectivity index (χ2n) is 4.51. The molecule has 1 aromatic rings. The Labute approximate surface area is 116 Å².